The van der Waals surface area contributed by atoms with Crippen molar-refractivity contribution < 1.29 is 34.5 Å². The molecule has 10 nitrogen and oxygen atoms in total. The van der Waals surface area contributed by atoms with Gasteiger partial charge in [-0.15, -0.1) is 0 Å². The minimum absolute atomic E-state index is 0.0413. The number of amides is 3. The normalized spacial score (nSPS) is 23.0. The van der Waals surface area contributed by atoms with Crippen molar-refractivity contribution in [3.63, 3.8) is 0 Å². The summed E-state index contributed by atoms with van der Waals surface area (Å²) in [7, 11) is 0. The summed E-state index contributed by atoms with van der Waals surface area (Å²) in [6.07, 6.45) is -0.752. The first-order chi connectivity index (χ1) is 10.7. The number of carboxylic acids is 1. The molecule has 0 saturated carbocycles. The summed E-state index contributed by atoms with van der Waals surface area (Å²) < 4.78 is 0. The van der Waals surface area contributed by atoms with Crippen molar-refractivity contribution in [1.29, 1.82) is 0 Å². The van der Waals surface area contributed by atoms with Crippen molar-refractivity contribution in [3.8, 4) is 0 Å². The van der Waals surface area contributed by atoms with E-state index in [4.69, 9.17) is 10.2 Å². The minimum atomic E-state index is -1.47. The van der Waals surface area contributed by atoms with E-state index in [1.165, 1.54) is 18.7 Å². The van der Waals surface area contributed by atoms with Gasteiger partial charge in [-0.25, -0.2) is 4.79 Å². The number of hydrogen-bond donors (Lipinski definition) is 5. The molecule has 0 bridgehead atoms. The van der Waals surface area contributed by atoms with Crippen LogP contribution in [0.25, 0.3) is 0 Å². The second-order valence-corrected chi connectivity index (χ2v) is 5.39. The summed E-state index contributed by atoms with van der Waals surface area (Å²) in [6.45, 7) is 1.87. The molecule has 1 aliphatic heterocycles. The van der Waals surface area contributed by atoms with Gasteiger partial charge in [0.05, 0.1) is 12.7 Å². The van der Waals surface area contributed by atoms with Gasteiger partial charge >= 0.3 is 5.97 Å². The predicted molar refractivity (Wildman–Crippen MR) is 76.1 cm³/mol. The molecule has 1 rings (SSSR count). The third kappa shape index (κ3) is 4.89. The Hall–Kier alpha value is -2.20. The predicted octanol–water partition coefficient (Wildman–Crippen LogP) is -2.97. The maximum atomic E-state index is 12.1. The van der Waals surface area contributed by atoms with Gasteiger partial charge < -0.3 is 30.9 Å². The molecule has 23 heavy (non-hydrogen) atoms. The fourth-order valence-electron chi connectivity index (χ4n) is 2.27. The van der Waals surface area contributed by atoms with E-state index in [2.05, 4.69) is 10.6 Å². The summed E-state index contributed by atoms with van der Waals surface area (Å²) in [6, 6.07) is -3.42. The molecule has 10 heteroatoms. The van der Waals surface area contributed by atoms with Crippen LogP contribution in [-0.2, 0) is 19.2 Å². The molecular formula is C13H21N3O7. The Bertz CT molecular complexity index is 496. The largest absolute Gasteiger partial charge is 0.480 e. The summed E-state index contributed by atoms with van der Waals surface area (Å²) in [5, 5.41) is 31.6. The summed E-state index contributed by atoms with van der Waals surface area (Å²) in [5.41, 5.74) is 0. The lowest BCUT2D eigenvalue weighted by Gasteiger charge is -2.24. The van der Waals surface area contributed by atoms with Crippen molar-refractivity contribution >= 4 is 23.7 Å². The Kier molecular flexibility index (Phi) is 6.46. The van der Waals surface area contributed by atoms with Crippen LogP contribution in [0.2, 0.25) is 0 Å². The molecule has 1 heterocycles. The van der Waals surface area contributed by atoms with E-state index >= 15 is 0 Å². The number of aliphatic hydroxyl groups excluding tert-OH is 2. The molecule has 1 aliphatic rings. The van der Waals surface area contributed by atoms with E-state index in [0.717, 1.165) is 0 Å². The highest BCUT2D eigenvalue weighted by Crippen LogP contribution is 2.18. The number of likely N-dealkylation sites (tertiary alicyclic amines) is 1. The molecule has 0 spiro atoms. The van der Waals surface area contributed by atoms with E-state index in [1.807, 2.05) is 0 Å². The minimum Gasteiger partial charge on any atom is -0.480 e. The number of nitrogens with zero attached hydrogens (tertiary/aromatic N) is 1. The Morgan fingerprint density at radius 2 is 1.87 bits per heavy atom. The van der Waals surface area contributed by atoms with Crippen LogP contribution in [0.3, 0.4) is 0 Å². The number of β-amino-alcohol motifs (C(OH)–C–C–N with tert-alkyl or cyclic N) is 1. The molecular weight excluding hydrogens is 310 g/mol. The molecule has 0 aromatic carbocycles. The molecule has 130 valence electrons. The SMILES string of the molecule is CC(=O)N1C[C@H](O)C[C@H]1C(=O)N[C@@H](C)C(=O)N[C@@H](CO)C(=O)O. The van der Waals surface area contributed by atoms with Gasteiger partial charge in [0.15, 0.2) is 0 Å². The van der Waals surface area contributed by atoms with Gasteiger partial charge in [0.2, 0.25) is 17.7 Å². The molecule has 0 radical (unpaired) electrons. The molecule has 0 aromatic rings. The number of rotatable bonds is 6. The zero-order valence-electron chi connectivity index (χ0n) is 12.9. The van der Waals surface area contributed by atoms with Gasteiger partial charge in [0, 0.05) is 19.9 Å². The highest BCUT2D eigenvalue weighted by atomic mass is 16.4. The van der Waals surface area contributed by atoms with Crippen molar-refractivity contribution in [1.82, 2.24) is 15.5 Å². The quantitative estimate of drug-likeness (QED) is 0.348. The Morgan fingerprint density at radius 1 is 1.26 bits per heavy atom. The van der Waals surface area contributed by atoms with Crippen LogP contribution in [0.4, 0.5) is 0 Å². The summed E-state index contributed by atoms with van der Waals surface area (Å²) in [4.78, 5) is 47.4. The first kappa shape index (κ1) is 18.8. The Labute approximate surface area is 132 Å². The molecule has 1 saturated heterocycles. The lowest BCUT2D eigenvalue weighted by Crippen LogP contribution is -2.54. The number of carbonyl (C=O) groups is 4. The van der Waals surface area contributed by atoms with Crippen molar-refractivity contribution in [2.24, 2.45) is 0 Å². The van der Waals surface area contributed by atoms with E-state index in [1.54, 1.807) is 0 Å². The first-order valence-corrected chi connectivity index (χ1v) is 7.07. The average Bonchev–Trinajstić information content (AvgIpc) is 2.86. The van der Waals surface area contributed by atoms with Gasteiger partial charge in [0.1, 0.15) is 18.1 Å². The molecule has 4 atom stereocenters. The third-order valence-electron chi connectivity index (χ3n) is 3.54. The molecule has 0 unspecified atom stereocenters. The van der Waals surface area contributed by atoms with Gasteiger partial charge in [-0.1, -0.05) is 0 Å². The zero-order valence-corrected chi connectivity index (χ0v) is 12.9. The first-order valence-electron chi connectivity index (χ1n) is 7.07. The van der Waals surface area contributed by atoms with Crippen LogP contribution in [0.15, 0.2) is 0 Å². The van der Waals surface area contributed by atoms with Crippen LogP contribution in [0, 0.1) is 0 Å². The van der Waals surface area contributed by atoms with Crippen molar-refractivity contribution in [3.05, 3.63) is 0 Å². The van der Waals surface area contributed by atoms with E-state index in [9.17, 15) is 24.3 Å². The smallest absolute Gasteiger partial charge is 0.328 e. The molecule has 0 aliphatic carbocycles. The number of aliphatic hydroxyl groups is 2. The topological polar surface area (TPSA) is 156 Å². The van der Waals surface area contributed by atoms with Gasteiger partial charge in [-0.3, -0.25) is 14.4 Å². The highest BCUT2D eigenvalue weighted by molar-refractivity contribution is 5.93. The van der Waals surface area contributed by atoms with Crippen LogP contribution in [0.5, 0.6) is 0 Å². The number of carboxylic acid groups (broad SMARTS) is 1. The van der Waals surface area contributed by atoms with E-state index in [0.29, 0.717) is 0 Å². The maximum absolute atomic E-state index is 12.1. The fraction of sp³-hybridized carbons (Fsp3) is 0.692. The standard InChI is InChI=1S/C13H21N3O7/c1-6(11(20)15-9(5-17)13(22)23)14-12(21)10-3-8(19)4-16(10)7(2)18/h6,8-10,17,19H,3-5H2,1-2H3,(H,14,21)(H,15,20)(H,22,23)/t6-,8+,9-,10-/m0/s1. The number of nitrogens with one attached hydrogen (secondary N) is 2. The number of hydrogen-bond acceptors (Lipinski definition) is 6. The second-order valence-electron chi connectivity index (χ2n) is 5.39. The van der Waals surface area contributed by atoms with Crippen LogP contribution < -0.4 is 10.6 Å². The zero-order chi connectivity index (χ0) is 17.7. The van der Waals surface area contributed by atoms with Crippen LogP contribution in [0.1, 0.15) is 20.3 Å². The van der Waals surface area contributed by atoms with E-state index in [-0.39, 0.29) is 18.9 Å². The monoisotopic (exact) mass is 331 g/mol. The second kappa shape index (κ2) is 7.88. The van der Waals surface area contributed by atoms with Crippen molar-refractivity contribution in [2.45, 2.75) is 44.5 Å². The third-order valence-corrected chi connectivity index (χ3v) is 3.54. The number of aliphatic carboxylic acids is 1. The molecule has 1 fully saturated rings. The van der Waals surface area contributed by atoms with E-state index < -0.39 is 48.6 Å². The Morgan fingerprint density at radius 3 is 2.35 bits per heavy atom. The molecule has 5 N–H and O–H groups in total. The van der Waals surface area contributed by atoms with Crippen molar-refractivity contribution in [2.75, 3.05) is 13.2 Å². The summed E-state index contributed by atoms with van der Waals surface area (Å²) in [5.74, 6) is -3.17. The van der Waals surface area contributed by atoms with Crippen LogP contribution >= 0.6 is 0 Å². The number of carbonyl (C=O) groups excluding carboxylic acids is 3. The fourth-order valence-corrected chi connectivity index (χ4v) is 2.27. The van der Waals surface area contributed by atoms with Gasteiger partial charge in [-0.05, 0) is 6.92 Å². The maximum Gasteiger partial charge on any atom is 0.328 e. The lowest BCUT2D eigenvalue weighted by atomic mass is 10.1. The van der Waals surface area contributed by atoms with Crippen LogP contribution in [-0.4, -0.2) is 81.3 Å². The molecule has 0 aromatic heterocycles. The highest BCUT2D eigenvalue weighted by Gasteiger charge is 2.38. The summed E-state index contributed by atoms with van der Waals surface area (Å²) >= 11 is 0. The van der Waals surface area contributed by atoms with Gasteiger partial charge in [0.25, 0.3) is 0 Å². The molecule has 3 amide bonds. The average molecular weight is 331 g/mol. The Balaban J connectivity index is 2.63. The lowest BCUT2D eigenvalue weighted by molar-refractivity contribution is -0.143. The van der Waals surface area contributed by atoms with Gasteiger partial charge in [-0.2, -0.15) is 0 Å².